The molecule has 0 atom stereocenters. The van der Waals surface area contributed by atoms with Gasteiger partial charge >= 0.3 is 0 Å². The van der Waals surface area contributed by atoms with E-state index in [2.05, 4.69) is 15.9 Å². The van der Waals surface area contributed by atoms with Crippen LogP contribution in [0.5, 0.6) is 0 Å². The van der Waals surface area contributed by atoms with Crippen molar-refractivity contribution in [2.45, 2.75) is 0 Å². The lowest BCUT2D eigenvalue weighted by Crippen LogP contribution is -1.42. The second-order valence-corrected chi connectivity index (χ2v) is 1.34. The van der Waals surface area contributed by atoms with Gasteiger partial charge in [-0.05, 0) is 4.99 Å². The minimum absolute atomic E-state index is 1.40. The molecule has 0 aliphatic rings. The molecule has 0 radical (unpaired) electrons. The lowest BCUT2D eigenvalue weighted by molar-refractivity contribution is 1.53. The summed E-state index contributed by atoms with van der Waals surface area (Å²) in [7, 11) is 0. The minimum Gasteiger partial charge on any atom is -0.193 e. The largest absolute Gasteiger partial charge is 0.193 e. The molecule has 0 saturated heterocycles. The number of nitriles is 1. The van der Waals surface area contributed by atoms with Gasteiger partial charge in [-0.1, -0.05) is 28.1 Å². The standard InChI is InChI=1S/C5H4BrN/c6-4-2-1-3-5-7/h1-4H/b3-1-,4-2-. The molecule has 0 rings (SSSR count). The topological polar surface area (TPSA) is 23.8 Å². The maximum absolute atomic E-state index is 7.91. The summed E-state index contributed by atoms with van der Waals surface area (Å²) in [5, 5.41) is 7.91. The van der Waals surface area contributed by atoms with E-state index in [4.69, 9.17) is 5.26 Å². The zero-order valence-electron chi connectivity index (χ0n) is 3.63. The Morgan fingerprint density at radius 3 is 2.57 bits per heavy atom. The fourth-order valence-electron chi connectivity index (χ4n) is 0.141. The normalized spacial score (nSPS) is 10.3. The van der Waals surface area contributed by atoms with Gasteiger partial charge in [0.05, 0.1) is 6.07 Å². The molecule has 0 aromatic rings. The minimum atomic E-state index is 1.40. The predicted molar refractivity (Wildman–Crippen MR) is 32.8 cm³/mol. The first-order chi connectivity index (χ1) is 3.41. The van der Waals surface area contributed by atoms with E-state index in [1.165, 1.54) is 6.08 Å². The van der Waals surface area contributed by atoms with E-state index < -0.39 is 0 Å². The van der Waals surface area contributed by atoms with Crippen molar-refractivity contribution in [1.29, 1.82) is 5.26 Å². The number of halogens is 1. The van der Waals surface area contributed by atoms with Crippen molar-refractivity contribution < 1.29 is 0 Å². The van der Waals surface area contributed by atoms with Crippen molar-refractivity contribution in [3.05, 3.63) is 23.2 Å². The highest BCUT2D eigenvalue weighted by atomic mass is 79.9. The fraction of sp³-hybridized carbons (Fsp3) is 0. The number of nitrogens with zero attached hydrogens (tertiary/aromatic N) is 1. The van der Waals surface area contributed by atoms with Crippen LogP contribution in [0.25, 0.3) is 0 Å². The Hall–Kier alpha value is -0.550. The van der Waals surface area contributed by atoms with Crippen molar-refractivity contribution in [3.8, 4) is 6.07 Å². The van der Waals surface area contributed by atoms with Crippen LogP contribution in [0, 0.1) is 11.3 Å². The van der Waals surface area contributed by atoms with Gasteiger partial charge in [0.15, 0.2) is 0 Å². The molecule has 0 amide bonds. The third kappa shape index (κ3) is 5.45. The third-order valence-electron chi connectivity index (χ3n) is 0.355. The number of rotatable bonds is 1. The molecular weight excluding hydrogens is 154 g/mol. The van der Waals surface area contributed by atoms with Crippen LogP contribution in [0.3, 0.4) is 0 Å². The molecule has 0 unspecified atom stereocenters. The maximum atomic E-state index is 7.91. The summed E-state index contributed by atoms with van der Waals surface area (Å²) in [6.45, 7) is 0. The molecular formula is C5H4BrN. The van der Waals surface area contributed by atoms with Crippen LogP contribution in [0.2, 0.25) is 0 Å². The zero-order valence-corrected chi connectivity index (χ0v) is 5.22. The van der Waals surface area contributed by atoms with E-state index >= 15 is 0 Å². The van der Waals surface area contributed by atoms with E-state index in [0.717, 1.165) is 0 Å². The van der Waals surface area contributed by atoms with Crippen LogP contribution < -0.4 is 0 Å². The molecule has 0 aromatic carbocycles. The lowest BCUT2D eigenvalue weighted by Gasteiger charge is -1.59. The average molecular weight is 158 g/mol. The van der Waals surface area contributed by atoms with E-state index in [9.17, 15) is 0 Å². The van der Waals surface area contributed by atoms with E-state index in [1.807, 2.05) is 6.07 Å². The van der Waals surface area contributed by atoms with Gasteiger partial charge in [-0.15, -0.1) is 0 Å². The van der Waals surface area contributed by atoms with Crippen LogP contribution in [0.1, 0.15) is 0 Å². The van der Waals surface area contributed by atoms with Gasteiger partial charge in [0.25, 0.3) is 0 Å². The maximum Gasteiger partial charge on any atom is 0.0912 e. The van der Waals surface area contributed by atoms with Gasteiger partial charge in [-0.2, -0.15) is 5.26 Å². The van der Waals surface area contributed by atoms with Gasteiger partial charge in [-0.25, -0.2) is 0 Å². The average Bonchev–Trinajstić information content (AvgIpc) is 1.69. The Bertz CT molecular complexity index is 119. The highest BCUT2D eigenvalue weighted by Gasteiger charge is 1.55. The van der Waals surface area contributed by atoms with Gasteiger partial charge in [0, 0.05) is 6.08 Å². The summed E-state index contributed by atoms with van der Waals surface area (Å²) >= 11 is 3.04. The summed E-state index contributed by atoms with van der Waals surface area (Å²) in [5.41, 5.74) is 0. The molecule has 0 N–H and O–H groups in total. The molecule has 0 fully saturated rings. The molecule has 36 valence electrons. The first kappa shape index (κ1) is 6.45. The summed E-state index contributed by atoms with van der Waals surface area (Å²) in [4.78, 5) is 1.68. The van der Waals surface area contributed by atoms with E-state index in [-0.39, 0.29) is 0 Å². The molecule has 0 saturated carbocycles. The number of hydrogen-bond acceptors (Lipinski definition) is 1. The molecule has 0 aliphatic heterocycles. The molecule has 2 heteroatoms. The molecule has 0 aliphatic carbocycles. The lowest BCUT2D eigenvalue weighted by atomic mass is 10.5. The number of hydrogen-bond donors (Lipinski definition) is 0. The van der Waals surface area contributed by atoms with Crippen molar-refractivity contribution >= 4 is 15.9 Å². The van der Waals surface area contributed by atoms with Crippen LogP contribution >= 0.6 is 15.9 Å². The molecule has 0 heterocycles. The Labute approximate surface area is 51.1 Å². The molecule has 0 aromatic heterocycles. The quantitative estimate of drug-likeness (QED) is 0.422. The highest BCUT2D eigenvalue weighted by molar-refractivity contribution is 9.11. The van der Waals surface area contributed by atoms with Gasteiger partial charge in [0.1, 0.15) is 0 Å². The molecule has 7 heavy (non-hydrogen) atoms. The Morgan fingerprint density at radius 1 is 1.43 bits per heavy atom. The summed E-state index contributed by atoms with van der Waals surface area (Å²) in [6.07, 6.45) is 4.77. The van der Waals surface area contributed by atoms with Crippen LogP contribution in [-0.2, 0) is 0 Å². The first-order valence-corrected chi connectivity index (χ1v) is 2.65. The van der Waals surface area contributed by atoms with Crippen LogP contribution in [-0.4, -0.2) is 0 Å². The Morgan fingerprint density at radius 2 is 2.14 bits per heavy atom. The van der Waals surface area contributed by atoms with E-state index in [0.29, 0.717) is 0 Å². The third-order valence-corrected chi connectivity index (χ3v) is 0.660. The molecule has 0 bridgehead atoms. The van der Waals surface area contributed by atoms with Crippen molar-refractivity contribution in [2.75, 3.05) is 0 Å². The van der Waals surface area contributed by atoms with Crippen LogP contribution in [0.4, 0.5) is 0 Å². The second kappa shape index (κ2) is 5.45. The Balaban J connectivity index is 3.33. The monoisotopic (exact) mass is 157 g/mol. The van der Waals surface area contributed by atoms with Gasteiger partial charge in [-0.3, -0.25) is 0 Å². The van der Waals surface area contributed by atoms with E-state index in [1.54, 1.807) is 17.1 Å². The summed E-state index contributed by atoms with van der Waals surface area (Å²) < 4.78 is 0. The van der Waals surface area contributed by atoms with Gasteiger partial charge in [0.2, 0.25) is 0 Å². The van der Waals surface area contributed by atoms with Crippen LogP contribution in [0.15, 0.2) is 23.2 Å². The van der Waals surface area contributed by atoms with Crippen molar-refractivity contribution in [3.63, 3.8) is 0 Å². The summed E-state index contributed by atoms with van der Waals surface area (Å²) in [5.74, 6) is 0. The molecule has 0 spiro atoms. The fourth-order valence-corrected chi connectivity index (χ4v) is 0.317. The van der Waals surface area contributed by atoms with Gasteiger partial charge < -0.3 is 0 Å². The SMILES string of the molecule is N#C/C=C\C=C/Br. The Kier molecular flexibility index (Phi) is 5.02. The first-order valence-electron chi connectivity index (χ1n) is 1.73. The number of allylic oxidation sites excluding steroid dienone is 3. The predicted octanol–water partition coefficient (Wildman–Crippen LogP) is 1.97. The zero-order chi connectivity index (χ0) is 5.54. The molecule has 1 nitrogen and oxygen atoms in total. The summed E-state index contributed by atoms with van der Waals surface area (Å²) in [6, 6.07) is 1.85. The van der Waals surface area contributed by atoms with Crippen molar-refractivity contribution in [2.24, 2.45) is 0 Å². The second-order valence-electron chi connectivity index (χ2n) is 0.807. The highest BCUT2D eigenvalue weighted by Crippen LogP contribution is 1.81. The smallest absolute Gasteiger partial charge is 0.0912 e. The van der Waals surface area contributed by atoms with Crippen molar-refractivity contribution in [1.82, 2.24) is 0 Å².